The van der Waals surface area contributed by atoms with Gasteiger partial charge < -0.3 is 31.9 Å². The van der Waals surface area contributed by atoms with Crippen LogP contribution < -0.4 is 31.9 Å². The molecule has 0 atom stereocenters. The fourth-order valence-electron chi connectivity index (χ4n) is 3.09. The number of fused-ring (bicyclic) bond motifs is 7. The van der Waals surface area contributed by atoms with Crippen LogP contribution in [0, 0.1) is 5.41 Å². The van der Waals surface area contributed by atoms with Crippen LogP contribution >= 0.6 is 0 Å². The summed E-state index contributed by atoms with van der Waals surface area (Å²) >= 11 is 0. The van der Waals surface area contributed by atoms with Crippen LogP contribution in [0.2, 0.25) is 0 Å². The van der Waals surface area contributed by atoms with Crippen molar-refractivity contribution in [3.8, 4) is 0 Å². The molecule has 7 nitrogen and oxygen atoms in total. The van der Waals surface area contributed by atoms with Gasteiger partial charge in [0, 0.05) is 38.1 Å². The van der Waals surface area contributed by atoms with Gasteiger partial charge in [-0.25, -0.2) is 0 Å². The first-order valence-corrected chi connectivity index (χ1v) is 9.25. The van der Waals surface area contributed by atoms with Crippen LogP contribution in [-0.2, 0) is 0 Å². The number of nitrogens with one attached hydrogen (secondary N) is 6. The van der Waals surface area contributed by atoms with Gasteiger partial charge in [0.15, 0.2) is 0 Å². The molecule has 0 amide bonds. The van der Waals surface area contributed by atoms with E-state index in [1.165, 1.54) is 12.8 Å². The van der Waals surface area contributed by atoms with Gasteiger partial charge in [-0.15, -0.1) is 0 Å². The van der Waals surface area contributed by atoms with E-state index >= 15 is 0 Å². The largest absolute Gasteiger partial charge is 0.316 e. The van der Waals surface area contributed by atoms with Crippen LogP contribution in [0.5, 0.6) is 0 Å². The van der Waals surface area contributed by atoms with Crippen molar-refractivity contribution in [1.82, 2.24) is 36.8 Å². The minimum atomic E-state index is 0.257. The predicted molar refractivity (Wildman–Crippen MR) is 96.4 cm³/mol. The summed E-state index contributed by atoms with van der Waals surface area (Å²) in [6.07, 6.45) is 2.34. The maximum atomic E-state index is 3.65. The van der Waals surface area contributed by atoms with E-state index in [2.05, 4.69) is 43.7 Å². The molecule has 2 aliphatic rings. The lowest BCUT2D eigenvalue weighted by molar-refractivity contribution is 0.217. The zero-order valence-corrected chi connectivity index (χ0v) is 14.8. The molecule has 0 radical (unpaired) electrons. The second-order valence-electron chi connectivity index (χ2n) is 7.19. The Kier molecular flexibility index (Phi) is 9.36. The van der Waals surface area contributed by atoms with E-state index in [1.54, 1.807) is 0 Å². The van der Waals surface area contributed by atoms with Gasteiger partial charge in [-0.3, -0.25) is 4.90 Å². The van der Waals surface area contributed by atoms with Crippen molar-refractivity contribution < 1.29 is 0 Å². The summed E-state index contributed by atoms with van der Waals surface area (Å²) < 4.78 is 0. The molecule has 136 valence electrons. The quantitative estimate of drug-likeness (QED) is 0.324. The Hall–Kier alpha value is -0.280. The maximum Gasteiger partial charge on any atom is 0.0505 e. The van der Waals surface area contributed by atoms with Crippen LogP contribution in [0.15, 0.2) is 0 Å². The Bertz CT molecular complexity index is 282. The molecule has 0 aromatic heterocycles. The number of hydrogen-bond donors (Lipinski definition) is 6. The second-order valence-corrected chi connectivity index (χ2v) is 7.19. The van der Waals surface area contributed by atoms with Gasteiger partial charge in [0.2, 0.25) is 0 Å². The monoisotopic (exact) mass is 327 g/mol. The van der Waals surface area contributed by atoms with Crippen molar-refractivity contribution in [1.29, 1.82) is 0 Å². The van der Waals surface area contributed by atoms with Crippen LogP contribution in [-0.4, -0.2) is 83.8 Å². The molecule has 0 aromatic carbocycles. The molecule has 2 heterocycles. The molecular weight excluding hydrogens is 290 g/mol. The predicted octanol–water partition coefficient (Wildman–Crippen LogP) is -1.49. The molecule has 6 N–H and O–H groups in total. The smallest absolute Gasteiger partial charge is 0.0505 e. The summed E-state index contributed by atoms with van der Waals surface area (Å²) in [5.74, 6) is 0. The third-order valence-electron chi connectivity index (χ3n) is 4.55. The molecule has 2 rings (SSSR count). The highest BCUT2D eigenvalue weighted by atomic mass is 15.3. The standard InChI is InChI=1S/C16H37N7/c1-16-10-17-4-2-6-20-13-23(15-22-9-8-19-12-16)14-21-7-3-5-18-11-16/h17-22H,2-15H2,1H3. The Balaban J connectivity index is 1.96. The summed E-state index contributed by atoms with van der Waals surface area (Å²) in [5, 5.41) is 21.6. The molecule has 2 saturated heterocycles. The van der Waals surface area contributed by atoms with E-state index in [-0.39, 0.29) is 5.41 Å². The minimum absolute atomic E-state index is 0.257. The normalized spacial score (nSPS) is 34.0. The lowest BCUT2D eigenvalue weighted by Crippen LogP contribution is -2.48. The maximum absolute atomic E-state index is 3.65. The van der Waals surface area contributed by atoms with Crippen LogP contribution in [0.3, 0.4) is 0 Å². The summed E-state index contributed by atoms with van der Waals surface area (Å²) in [7, 11) is 0. The van der Waals surface area contributed by atoms with E-state index < -0.39 is 0 Å². The van der Waals surface area contributed by atoms with Crippen LogP contribution in [0.25, 0.3) is 0 Å². The fraction of sp³-hybridized carbons (Fsp3) is 1.00. The molecule has 7 heteroatoms. The lowest BCUT2D eigenvalue weighted by atomic mass is 9.90. The number of hydrogen-bond acceptors (Lipinski definition) is 7. The van der Waals surface area contributed by atoms with Crippen molar-refractivity contribution in [3.05, 3.63) is 0 Å². The van der Waals surface area contributed by atoms with E-state index in [9.17, 15) is 0 Å². The minimum Gasteiger partial charge on any atom is -0.316 e. The van der Waals surface area contributed by atoms with E-state index in [1.807, 2.05) is 0 Å². The van der Waals surface area contributed by atoms with Gasteiger partial charge in [0.1, 0.15) is 0 Å². The molecule has 0 spiro atoms. The zero-order chi connectivity index (χ0) is 16.2. The number of rotatable bonds is 0. The van der Waals surface area contributed by atoms with Gasteiger partial charge in [0.05, 0.1) is 20.0 Å². The van der Waals surface area contributed by atoms with Crippen molar-refractivity contribution in [2.45, 2.75) is 19.8 Å². The first kappa shape index (κ1) is 19.1. The molecule has 23 heavy (non-hydrogen) atoms. The van der Waals surface area contributed by atoms with Gasteiger partial charge in [-0.05, 0) is 39.0 Å². The molecular formula is C16H37N7. The van der Waals surface area contributed by atoms with Crippen molar-refractivity contribution in [3.63, 3.8) is 0 Å². The Morgan fingerprint density at radius 1 is 0.565 bits per heavy atom. The topological polar surface area (TPSA) is 75.4 Å². The Morgan fingerprint density at radius 3 is 1.52 bits per heavy atom. The van der Waals surface area contributed by atoms with E-state index in [4.69, 9.17) is 0 Å². The highest BCUT2D eigenvalue weighted by molar-refractivity contribution is 4.82. The summed E-state index contributed by atoms with van der Waals surface area (Å²) in [4.78, 5) is 2.39. The second kappa shape index (κ2) is 11.3. The van der Waals surface area contributed by atoms with Gasteiger partial charge in [-0.1, -0.05) is 6.92 Å². The zero-order valence-electron chi connectivity index (χ0n) is 14.8. The van der Waals surface area contributed by atoms with Crippen molar-refractivity contribution in [2.75, 3.05) is 78.9 Å². The van der Waals surface area contributed by atoms with Gasteiger partial charge in [0.25, 0.3) is 0 Å². The molecule has 0 aliphatic carbocycles. The van der Waals surface area contributed by atoms with Gasteiger partial charge in [-0.2, -0.15) is 0 Å². The molecule has 2 fully saturated rings. The third kappa shape index (κ3) is 8.39. The molecule has 0 aromatic rings. The first-order valence-electron chi connectivity index (χ1n) is 9.25. The SMILES string of the molecule is C[C@]12CNCCCNC[N@](CNCCCNC1)CNCCNC2. The fourth-order valence-corrected chi connectivity index (χ4v) is 3.09. The highest BCUT2D eigenvalue weighted by Crippen LogP contribution is 2.12. The Labute approximate surface area is 141 Å². The van der Waals surface area contributed by atoms with E-state index in [0.29, 0.717) is 0 Å². The molecule has 0 unspecified atom stereocenters. The summed E-state index contributed by atoms with van der Waals surface area (Å²) in [6, 6.07) is 0. The highest BCUT2D eigenvalue weighted by Gasteiger charge is 2.23. The lowest BCUT2D eigenvalue weighted by Gasteiger charge is -2.31. The van der Waals surface area contributed by atoms with Crippen LogP contribution in [0.1, 0.15) is 19.8 Å². The number of nitrogens with zero attached hydrogens (tertiary/aromatic N) is 1. The van der Waals surface area contributed by atoms with E-state index in [0.717, 1.165) is 78.9 Å². The van der Waals surface area contributed by atoms with Crippen molar-refractivity contribution >= 4 is 0 Å². The molecule has 2 bridgehead atoms. The molecule has 2 aliphatic heterocycles. The summed E-state index contributed by atoms with van der Waals surface area (Å²) in [6.45, 7) is 14.7. The summed E-state index contributed by atoms with van der Waals surface area (Å²) in [5.41, 5.74) is 0.257. The average Bonchev–Trinajstić information content (AvgIpc) is 2.55. The molecule has 0 saturated carbocycles. The van der Waals surface area contributed by atoms with Gasteiger partial charge >= 0.3 is 0 Å². The Morgan fingerprint density at radius 2 is 0.957 bits per heavy atom. The van der Waals surface area contributed by atoms with Crippen LogP contribution in [0.4, 0.5) is 0 Å². The third-order valence-corrected chi connectivity index (χ3v) is 4.55. The first-order chi connectivity index (χ1) is 11.3. The van der Waals surface area contributed by atoms with Crippen molar-refractivity contribution in [2.24, 2.45) is 5.41 Å². The average molecular weight is 328 g/mol.